The van der Waals surface area contributed by atoms with E-state index in [1.807, 2.05) is 40.1 Å². The van der Waals surface area contributed by atoms with Crippen LogP contribution in [0.2, 0.25) is 0 Å². The Labute approximate surface area is 189 Å². The molecule has 0 spiro atoms. The number of carbonyl (C=O) groups excluding carboxylic acids is 2. The number of anilines is 1. The normalized spacial score (nSPS) is 15.5. The molecular formula is C24H22FN3O3S. The number of ether oxygens (including phenoxy) is 1. The molecule has 1 fully saturated rings. The third-order valence-corrected chi connectivity index (χ3v) is 6.89. The largest absolute Gasteiger partial charge is 0.488 e. The molecule has 0 atom stereocenters. The van der Waals surface area contributed by atoms with Gasteiger partial charge in [-0.1, -0.05) is 12.1 Å². The molecule has 1 saturated heterocycles. The van der Waals surface area contributed by atoms with E-state index >= 15 is 0 Å². The Bertz CT molecular complexity index is 1150. The molecule has 0 saturated carbocycles. The Morgan fingerprint density at radius 1 is 1.03 bits per heavy atom. The average Bonchev–Trinajstić information content (AvgIpc) is 3.26. The van der Waals surface area contributed by atoms with Crippen LogP contribution < -0.4 is 10.1 Å². The Morgan fingerprint density at radius 3 is 2.56 bits per heavy atom. The third-order valence-electron chi connectivity index (χ3n) is 5.69. The zero-order valence-corrected chi connectivity index (χ0v) is 18.2. The highest BCUT2D eigenvalue weighted by atomic mass is 32.1. The highest BCUT2D eigenvalue weighted by molar-refractivity contribution is 7.17. The van der Waals surface area contributed by atoms with Gasteiger partial charge < -0.3 is 15.0 Å². The number of hydrogen-bond donors (Lipinski definition) is 1. The van der Waals surface area contributed by atoms with Gasteiger partial charge in [0, 0.05) is 47.9 Å². The van der Waals surface area contributed by atoms with Crippen molar-refractivity contribution in [1.29, 1.82) is 0 Å². The Hall–Kier alpha value is -3.23. The van der Waals surface area contributed by atoms with Gasteiger partial charge in [-0.3, -0.25) is 14.5 Å². The van der Waals surface area contributed by atoms with Crippen LogP contribution in [0.1, 0.15) is 15.2 Å². The van der Waals surface area contributed by atoms with Crippen LogP contribution in [0.5, 0.6) is 5.75 Å². The highest BCUT2D eigenvalue weighted by Gasteiger charge is 2.27. The monoisotopic (exact) mass is 451 g/mol. The summed E-state index contributed by atoms with van der Waals surface area (Å²) < 4.78 is 18.8. The number of nitrogens with zero attached hydrogens (tertiary/aromatic N) is 2. The van der Waals surface area contributed by atoms with Gasteiger partial charge in [0.05, 0.1) is 11.4 Å². The van der Waals surface area contributed by atoms with Gasteiger partial charge in [-0.2, -0.15) is 0 Å². The summed E-state index contributed by atoms with van der Waals surface area (Å²) in [6.07, 6.45) is 0. The molecule has 0 bridgehead atoms. The number of amides is 2. The minimum Gasteiger partial charge on any atom is -0.488 e. The lowest BCUT2D eigenvalue weighted by atomic mass is 10.1. The minimum absolute atomic E-state index is 0.0253. The molecule has 3 aromatic rings. The van der Waals surface area contributed by atoms with Crippen LogP contribution in [0.15, 0.2) is 54.6 Å². The van der Waals surface area contributed by atoms with Gasteiger partial charge in [0.2, 0.25) is 5.91 Å². The fraction of sp³-hybridized carbons (Fsp3) is 0.250. The SMILES string of the molecule is O=C(CN1CCN(C(=O)c2cc3c(s2)-c2ccccc2OC3)CC1)Nc1ccc(F)cc1. The van der Waals surface area contributed by atoms with Gasteiger partial charge in [-0.25, -0.2) is 4.39 Å². The van der Waals surface area contributed by atoms with E-state index in [9.17, 15) is 14.0 Å². The summed E-state index contributed by atoms with van der Waals surface area (Å²) in [5.74, 6) is 0.388. The van der Waals surface area contributed by atoms with Crippen LogP contribution in [0.25, 0.3) is 10.4 Å². The van der Waals surface area contributed by atoms with E-state index in [2.05, 4.69) is 5.32 Å². The number of rotatable bonds is 4. The molecule has 0 unspecified atom stereocenters. The zero-order valence-electron chi connectivity index (χ0n) is 17.3. The first-order valence-electron chi connectivity index (χ1n) is 10.5. The summed E-state index contributed by atoms with van der Waals surface area (Å²) in [6.45, 7) is 3.10. The van der Waals surface area contributed by atoms with E-state index in [1.54, 1.807) is 0 Å². The smallest absolute Gasteiger partial charge is 0.264 e. The summed E-state index contributed by atoms with van der Waals surface area (Å²) >= 11 is 1.52. The van der Waals surface area contributed by atoms with Crippen molar-refractivity contribution in [3.8, 4) is 16.2 Å². The molecule has 2 aromatic carbocycles. The molecule has 1 aromatic heterocycles. The molecule has 2 amide bonds. The summed E-state index contributed by atoms with van der Waals surface area (Å²) in [5.41, 5.74) is 2.65. The predicted octanol–water partition coefficient (Wildman–Crippen LogP) is 3.84. The van der Waals surface area contributed by atoms with E-state index in [1.165, 1.54) is 35.6 Å². The lowest BCUT2D eigenvalue weighted by Gasteiger charge is -2.34. The zero-order chi connectivity index (χ0) is 22.1. The van der Waals surface area contributed by atoms with Gasteiger partial charge in [-0.05, 0) is 42.5 Å². The van der Waals surface area contributed by atoms with Crippen LogP contribution in [0.3, 0.4) is 0 Å². The van der Waals surface area contributed by atoms with Crippen LogP contribution in [0.4, 0.5) is 10.1 Å². The number of hydrogen-bond acceptors (Lipinski definition) is 5. The van der Waals surface area contributed by atoms with Crippen molar-refractivity contribution in [3.63, 3.8) is 0 Å². The van der Waals surface area contributed by atoms with Crippen molar-refractivity contribution in [1.82, 2.24) is 9.80 Å². The average molecular weight is 452 g/mol. The molecule has 8 heteroatoms. The fourth-order valence-corrected chi connectivity index (χ4v) is 5.17. The fourth-order valence-electron chi connectivity index (χ4n) is 4.01. The van der Waals surface area contributed by atoms with Gasteiger partial charge in [-0.15, -0.1) is 11.3 Å². The van der Waals surface area contributed by atoms with Gasteiger partial charge >= 0.3 is 0 Å². The maximum absolute atomic E-state index is 13.1. The van der Waals surface area contributed by atoms with Crippen molar-refractivity contribution in [2.45, 2.75) is 6.61 Å². The second-order valence-corrected chi connectivity index (χ2v) is 8.93. The molecule has 2 aliphatic heterocycles. The van der Waals surface area contributed by atoms with Crippen molar-refractivity contribution in [2.75, 3.05) is 38.0 Å². The first-order valence-corrected chi connectivity index (χ1v) is 11.3. The first kappa shape index (κ1) is 20.7. The maximum Gasteiger partial charge on any atom is 0.264 e. The lowest BCUT2D eigenvalue weighted by Crippen LogP contribution is -2.50. The quantitative estimate of drug-likeness (QED) is 0.655. The standard InChI is InChI=1S/C24H22FN3O3S/c25-17-5-7-18(8-6-17)26-22(29)14-27-9-11-28(12-10-27)24(30)21-13-16-15-31-20-4-2-1-3-19(20)23(16)32-21/h1-8,13H,9-12,14-15H2,(H,26,29). The third kappa shape index (κ3) is 4.24. The highest BCUT2D eigenvalue weighted by Crippen LogP contribution is 2.42. The molecule has 3 heterocycles. The summed E-state index contributed by atoms with van der Waals surface area (Å²) in [6, 6.07) is 15.5. The Kier molecular flexibility index (Phi) is 5.63. The van der Waals surface area contributed by atoms with E-state index in [-0.39, 0.29) is 24.2 Å². The van der Waals surface area contributed by atoms with E-state index in [0.29, 0.717) is 38.5 Å². The van der Waals surface area contributed by atoms with Crippen molar-refractivity contribution in [3.05, 3.63) is 70.9 Å². The summed E-state index contributed by atoms with van der Waals surface area (Å²) in [7, 11) is 0. The molecule has 6 nitrogen and oxygen atoms in total. The predicted molar refractivity (Wildman–Crippen MR) is 121 cm³/mol. The number of piperazine rings is 1. The Balaban J connectivity index is 1.17. The van der Waals surface area contributed by atoms with Gasteiger partial charge in [0.15, 0.2) is 0 Å². The Morgan fingerprint density at radius 2 is 1.78 bits per heavy atom. The van der Waals surface area contributed by atoms with E-state index in [0.717, 1.165) is 26.6 Å². The molecule has 32 heavy (non-hydrogen) atoms. The number of carbonyl (C=O) groups is 2. The van der Waals surface area contributed by atoms with Crippen molar-refractivity contribution < 1.29 is 18.7 Å². The second-order valence-electron chi connectivity index (χ2n) is 7.87. The van der Waals surface area contributed by atoms with Crippen LogP contribution in [-0.2, 0) is 11.4 Å². The van der Waals surface area contributed by atoms with Crippen LogP contribution in [0, 0.1) is 5.82 Å². The molecule has 5 rings (SSSR count). The van der Waals surface area contributed by atoms with E-state index < -0.39 is 0 Å². The molecular weight excluding hydrogens is 429 g/mol. The number of para-hydroxylation sites is 1. The molecule has 1 N–H and O–H groups in total. The number of thiophene rings is 1. The molecule has 2 aliphatic rings. The second kappa shape index (κ2) is 8.72. The summed E-state index contributed by atoms with van der Waals surface area (Å²) in [4.78, 5) is 31.1. The number of fused-ring (bicyclic) bond motifs is 3. The first-order chi connectivity index (χ1) is 15.6. The van der Waals surface area contributed by atoms with Crippen LogP contribution in [-0.4, -0.2) is 54.3 Å². The minimum atomic E-state index is -0.341. The molecule has 0 radical (unpaired) electrons. The number of benzene rings is 2. The van der Waals surface area contributed by atoms with Gasteiger partial charge in [0.25, 0.3) is 5.91 Å². The number of nitrogens with one attached hydrogen (secondary N) is 1. The summed E-state index contributed by atoms with van der Waals surface area (Å²) in [5, 5.41) is 2.77. The topological polar surface area (TPSA) is 61.9 Å². The van der Waals surface area contributed by atoms with E-state index in [4.69, 9.17) is 4.74 Å². The van der Waals surface area contributed by atoms with Crippen molar-refractivity contribution >= 4 is 28.8 Å². The molecule has 0 aliphatic carbocycles. The maximum atomic E-state index is 13.1. The van der Waals surface area contributed by atoms with Crippen LogP contribution >= 0.6 is 11.3 Å². The number of halogens is 1. The molecule has 164 valence electrons. The lowest BCUT2D eigenvalue weighted by molar-refractivity contribution is -0.117. The van der Waals surface area contributed by atoms with Crippen molar-refractivity contribution in [2.24, 2.45) is 0 Å². The van der Waals surface area contributed by atoms with Gasteiger partial charge in [0.1, 0.15) is 18.2 Å².